The molecule has 96 valence electrons. The molecule has 0 aliphatic rings. The van der Waals surface area contributed by atoms with Crippen molar-refractivity contribution in [3.8, 4) is 0 Å². The molecule has 0 bridgehead atoms. The molecule has 1 unspecified atom stereocenters. The molecule has 5 heteroatoms. The van der Waals surface area contributed by atoms with E-state index in [9.17, 15) is 4.79 Å². The summed E-state index contributed by atoms with van der Waals surface area (Å²) in [6.45, 7) is 4.81. The zero-order valence-corrected chi connectivity index (χ0v) is 11.4. The first kappa shape index (κ1) is 12.8. The van der Waals surface area contributed by atoms with E-state index in [1.54, 1.807) is 28.3 Å². The number of hydrogen-bond acceptors (Lipinski definition) is 4. The summed E-state index contributed by atoms with van der Waals surface area (Å²) in [7, 11) is 0. The second-order valence-corrected chi connectivity index (χ2v) is 5.14. The molecule has 0 radical (unpaired) electrons. The minimum atomic E-state index is -0.0530. The summed E-state index contributed by atoms with van der Waals surface area (Å²) in [5.41, 5.74) is -0.0530. The van der Waals surface area contributed by atoms with Crippen LogP contribution in [-0.2, 0) is 6.54 Å². The van der Waals surface area contributed by atoms with Crippen LogP contribution in [0.3, 0.4) is 0 Å². The van der Waals surface area contributed by atoms with Crippen molar-refractivity contribution in [2.24, 2.45) is 0 Å². The van der Waals surface area contributed by atoms with E-state index in [-0.39, 0.29) is 11.6 Å². The Labute approximate surface area is 110 Å². The first-order valence-corrected chi connectivity index (χ1v) is 6.95. The fourth-order valence-corrected chi connectivity index (χ4v) is 2.51. The fourth-order valence-electron chi connectivity index (χ4n) is 1.78. The number of thiophene rings is 1. The average molecular weight is 263 g/mol. The molecule has 2 aromatic rings. The molecule has 2 aromatic heterocycles. The highest BCUT2D eigenvalue weighted by Gasteiger charge is 2.10. The molecule has 0 aliphatic carbocycles. The summed E-state index contributed by atoms with van der Waals surface area (Å²) in [6.07, 6.45) is 4.33. The maximum atomic E-state index is 12.1. The zero-order chi connectivity index (χ0) is 13.0. The Kier molecular flexibility index (Phi) is 4.15. The lowest BCUT2D eigenvalue weighted by Gasteiger charge is -2.13. The first-order valence-electron chi connectivity index (χ1n) is 6.07. The summed E-state index contributed by atoms with van der Waals surface area (Å²) in [4.78, 5) is 17.4. The molecule has 1 N–H and O–H groups in total. The van der Waals surface area contributed by atoms with E-state index < -0.39 is 0 Å². The number of rotatable bonds is 5. The minimum Gasteiger partial charge on any atom is -0.358 e. The number of nitrogens with zero attached hydrogens (tertiary/aromatic N) is 2. The third-order valence-electron chi connectivity index (χ3n) is 2.70. The topological polar surface area (TPSA) is 46.9 Å². The molecule has 0 aromatic carbocycles. The van der Waals surface area contributed by atoms with Crippen molar-refractivity contribution in [1.82, 2.24) is 9.55 Å². The third kappa shape index (κ3) is 2.79. The average Bonchev–Trinajstić information content (AvgIpc) is 2.88. The Balaban J connectivity index is 2.19. The van der Waals surface area contributed by atoms with Gasteiger partial charge in [-0.15, -0.1) is 11.3 Å². The van der Waals surface area contributed by atoms with Crippen molar-refractivity contribution in [2.45, 2.75) is 32.9 Å². The maximum absolute atomic E-state index is 12.1. The Morgan fingerprint density at radius 1 is 1.56 bits per heavy atom. The van der Waals surface area contributed by atoms with Crippen molar-refractivity contribution < 1.29 is 0 Å². The van der Waals surface area contributed by atoms with Gasteiger partial charge >= 0.3 is 0 Å². The van der Waals surface area contributed by atoms with E-state index in [0.29, 0.717) is 5.82 Å². The predicted octanol–water partition coefficient (Wildman–Crippen LogP) is 2.89. The lowest BCUT2D eigenvalue weighted by atomic mass is 10.3. The van der Waals surface area contributed by atoms with Crippen LogP contribution in [-0.4, -0.2) is 9.55 Å². The van der Waals surface area contributed by atoms with E-state index in [1.807, 2.05) is 25.3 Å². The van der Waals surface area contributed by atoms with Gasteiger partial charge < -0.3 is 9.88 Å². The molecule has 18 heavy (non-hydrogen) atoms. The smallest absolute Gasteiger partial charge is 0.293 e. The molecular weight excluding hydrogens is 246 g/mol. The van der Waals surface area contributed by atoms with Crippen LogP contribution < -0.4 is 10.9 Å². The van der Waals surface area contributed by atoms with E-state index in [2.05, 4.69) is 16.4 Å². The molecule has 1 atom stereocenters. The Morgan fingerprint density at radius 3 is 3.06 bits per heavy atom. The van der Waals surface area contributed by atoms with Crippen LogP contribution in [0.1, 0.15) is 31.2 Å². The molecule has 0 spiro atoms. The summed E-state index contributed by atoms with van der Waals surface area (Å²) in [5, 5.41) is 5.21. The summed E-state index contributed by atoms with van der Waals surface area (Å²) >= 11 is 1.67. The summed E-state index contributed by atoms with van der Waals surface area (Å²) < 4.78 is 1.69. The predicted molar refractivity (Wildman–Crippen MR) is 75.1 cm³/mol. The van der Waals surface area contributed by atoms with Gasteiger partial charge in [-0.05, 0) is 24.8 Å². The zero-order valence-electron chi connectivity index (χ0n) is 10.6. The fraction of sp³-hybridized carbons (Fsp3) is 0.385. The second-order valence-electron chi connectivity index (χ2n) is 4.16. The number of anilines is 1. The summed E-state index contributed by atoms with van der Waals surface area (Å²) in [5.74, 6) is 0.423. The third-order valence-corrected chi connectivity index (χ3v) is 3.76. The Hall–Kier alpha value is -1.62. The molecule has 2 rings (SSSR count). The van der Waals surface area contributed by atoms with E-state index >= 15 is 0 Å². The molecule has 0 saturated heterocycles. The van der Waals surface area contributed by atoms with Gasteiger partial charge in [0.15, 0.2) is 5.82 Å². The number of hydrogen-bond donors (Lipinski definition) is 1. The summed E-state index contributed by atoms with van der Waals surface area (Å²) in [6, 6.07) is 4.16. The van der Waals surface area contributed by atoms with Crippen LogP contribution in [0.15, 0.2) is 34.7 Å². The van der Waals surface area contributed by atoms with E-state index in [4.69, 9.17) is 0 Å². The standard InChI is InChI=1S/C13H17N3OS/c1-3-7-16-8-6-14-12(13(16)17)15-10(2)11-5-4-9-18-11/h4-6,8-10H,3,7H2,1-2H3,(H,14,15). The van der Waals surface area contributed by atoms with Crippen LogP contribution in [0.2, 0.25) is 0 Å². The van der Waals surface area contributed by atoms with Gasteiger partial charge in [0.25, 0.3) is 5.56 Å². The molecular formula is C13H17N3OS. The second kappa shape index (κ2) is 5.82. The van der Waals surface area contributed by atoms with Gasteiger partial charge in [-0.3, -0.25) is 4.79 Å². The number of aromatic nitrogens is 2. The molecule has 0 saturated carbocycles. The molecule has 0 aliphatic heterocycles. The van der Waals surface area contributed by atoms with E-state index in [0.717, 1.165) is 13.0 Å². The van der Waals surface area contributed by atoms with Crippen LogP contribution in [0.4, 0.5) is 5.82 Å². The normalized spacial score (nSPS) is 12.3. The van der Waals surface area contributed by atoms with Gasteiger partial charge in [-0.25, -0.2) is 4.98 Å². The highest BCUT2D eigenvalue weighted by atomic mass is 32.1. The largest absolute Gasteiger partial charge is 0.358 e. The molecule has 0 amide bonds. The van der Waals surface area contributed by atoms with Gasteiger partial charge in [0.1, 0.15) is 0 Å². The molecule has 0 fully saturated rings. The number of nitrogens with one attached hydrogen (secondary N) is 1. The quantitative estimate of drug-likeness (QED) is 0.902. The maximum Gasteiger partial charge on any atom is 0.293 e. The molecule has 2 heterocycles. The Bertz CT molecular complexity index is 548. The molecule has 4 nitrogen and oxygen atoms in total. The van der Waals surface area contributed by atoms with Crippen molar-refractivity contribution in [2.75, 3.05) is 5.32 Å². The van der Waals surface area contributed by atoms with Crippen LogP contribution in [0.25, 0.3) is 0 Å². The van der Waals surface area contributed by atoms with Gasteiger partial charge in [-0.2, -0.15) is 0 Å². The van der Waals surface area contributed by atoms with Crippen molar-refractivity contribution in [3.05, 3.63) is 45.1 Å². The Morgan fingerprint density at radius 2 is 2.39 bits per heavy atom. The van der Waals surface area contributed by atoms with Crippen LogP contribution >= 0.6 is 11.3 Å². The lowest BCUT2D eigenvalue weighted by molar-refractivity contribution is 0.648. The van der Waals surface area contributed by atoms with Gasteiger partial charge in [0.2, 0.25) is 0 Å². The van der Waals surface area contributed by atoms with E-state index in [1.165, 1.54) is 4.88 Å². The van der Waals surface area contributed by atoms with Gasteiger partial charge in [0, 0.05) is 23.8 Å². The van der Waals surface area contributed by atoms with Crippen molar-refractivity contribution in [1.29, 1.82) is 0 Å². The first-order chi connectivity index (χ1) is 8.72. The van der Waals surface area contributed by atoms with Crippen LogP contribution in [0.5, 0.6) is 0 Å². The highest BCUT2D eigenvalue weighted by Crippen LogP contribution is 2.20. The lowest BCUT2D eigenvalue weighted by Crippen LogP contribution is -2.25. The SMILES string of the molecule is CCCn1ccnc(NC(C)c2cccs2)c1=O. The minimum absolute atomic E-state index is 0.0530. The monoisotopic (exact) mass is 263 g/mol. The highest BCUT2D eigenvalue weighted by molar-refractivity contribution is 7.10. The van der Waals surface area contributed by atoms with Gasteiger partial charge in [-0.1, -0.05) is 13.0 Å². The van der Waals surface area contributed by atoms with Crippen LogP contribution in [0, 0.1) is 0 Å². The van der Waals surface area contributed by atoms with Crippen molar-refractivity contribution >= 4 is 17.2 Å². The van der Waals surface area contributed by atoms with Gasteiger partial charge in [0.05, 0.1) is 6.04 Å². The number of aryl methyl sites for hydroxylation is 1. The van der Waals surface area contributed by atoms with Crippen molar-refractivity contribution in [3.63, 3.8) is 0 Å².